The number of ether oxygens (including phenoxy) is 1. The molecule has 0 bridgehead atoms. The molecular weight excluding hydrogens is 241 g/mol. The molecule has 1 N–H and O–H groups in total. The Bertz CT molecular complexity index is 311. The van der Waals surface area contributed by atoms with Gasteiger partial charge in [-0.15, -0.1) is 0 Å². The van der Waals surface area contributed by atoms with Crippen LogP contribution in [-0.2, 0) is 19.0 Å². The molecule has 90 valence electrons. The molecule has 0 aliphatic carbocycles. The van der Waals surface area contributed by atoms with Crippen molar-refractivity contribution in [3.8, 4) is 0 Å². The average molecular weight is 250 g/mol. The maximum atomic E-state index is 11.8. The number of halogens is 3. The Hall–Kier alpha value is -0.380. The lowest BCUT2D eigenvalue weighted by atomic mass is 10.2. The number of hydrogen-bond donors (Lipinski definition) is 1. The van der Waals surface area contributed by atoms with Crippen molar-refractivity contribution in [2.45, 2.75) is 24.1 Å². The van der Waals surface area contributed by atoms with Crippen LogP contribution in [0, 0.1) is 0 Å². The van der Waals surface area contributed by atoms with E-state index in [0.29, 0.717) is 0 Å². The van der Waals surface area contributed by atoms with Gasteiger partial charge in [0, 0.05) is 6.61 Å². The molecule has 5 nitrogen and oxygen atoms in total. The third-order valence-electron chi connectivity index (χ3n) is 1.77. The highest BCUT2D eigenvalue weighted by atomic mass is 32.2. The zero-order valence-corrected chi connectivity index (χ0v) is 8.21. The topological polar surface area (TPSA) is 76.1 Å². The molecule has 1 rings (SSSR count). The van der Waals surface area contributed by atoms with Gasteiger partial charge in [0.05, 0.1) is 12.7 Å². The normalized spacial score (nSPS) is 26.7. The van der Waals surface area contributed by atoms with E-state index in [1.54, 1.807) is 0 Å². The summed E-state index contributed by atoms with van der Waals surface area (Å²) in [6, 6.07) is 0. The Kier molecular flexibility index (Phi) is 3.59. The molecule has 1 heterocycles. The molecule has 0 spiro atoms. The first-order valence-corrected chi connectivity index (χ1v) is 5.41. The third kappa shape index (κ3) is 3.30. The molecule has 2 atom stereocenters. The average Bonchev–Trinajstić information content (AvgIpc) is 2.79. The van der Waals surface area contributed by atoms with Gasteiger partial charge < -0.3 is 9.84 Å². The van der Waals surface area contributed by atoms with E-state index in [2.05, 4.69) is 4.18 Å². The Balaban J connectivity index is 2.33. The van der Waals surface area contributed by atoms with Gasteiger partial charge in [-0.3, -0.25) is 4.18 Å². The molecule has 0 unspecified atom stereocenters. The summed E-state index contributed by atoms with van der Waals surface area (Å²) in [6.07, 6.45) is -0.854. The lowest BCUT2D eigenvalue weighted by molar-refractivity contribution is -0.0544. The van der Waals surface area contributed by atoms with Crippen LogP contribution in [-0.4, -0.2) is 44.5 Å². The molecule has 0 radical (unpaired) electrons. The van der Waals surface area contributed by atoms with Gasteiger partial charge >= 0.3 is 15.6 Å². The maximum Gasteiger partial charge on any atom is 0.523 e. The number of aliphatic hydroxyl groups is 1. The SMILES string of the molecule is O=S(=O)(OC[C@@H]1O[C@@H]1CCO)C(F)(F)F. The molecule has 1 aliphatic heterocycles. The van der Waals surface area contributed by atoms with Gasteiger partial charge in [0.1, 0.15) is 6.10 Å². The highest BCUT2D eigenvalue weighted by Crippen LogP contribution is 2.29. The van der Waals surface area contributed by atoms with Crippen molar-refractivity contribution in [1.82, 2.24) is 0 Å². The molecule has 0 amide bonds. The van der Waals surface area contributed by atoms with Crippen molar-refractivity contribution < 1.29 is 35.6 Å². The first-order valence-electron chi connectivity index (χ1n) is 4.00. The monoisotopic (exact) mass is 250 g/mol. The molecule has 9 heteroatoms. The van der Waals surface area contributed by atoms with E-state index in [9.17, 15) is 21.6 Å². The van der Waals surface area contributed by atoms with Gasteiger partial charge in [0.25, 0.3) is 0 Å². The quantitative estimate of drug-likeness (QED) is 0.422. The molecule has 1 aliphatic rings. The number of alkyl halides is 3. The Labute approximate surface area is 83.9 Å². The highest BCUT2D eigenvalue weighted by Gasteiger charge is 2.49. The number of epoxide rings is 1. The molecule has 0 aromatic heterocycles. The van der Waals surface area contributed by atoms with Gasteiger partial charge in [0.15, 0.2) is 0 Å². The molecule has 1 fully saturated rings. The number of aliphatic hydroxyl groups excluding tert-OH is 1. The van der Waals surface area contributed by atoms with Crippen LogP contribution in [0.25, 0.3) is 0 Å². The minimum absolute atomic E-state index is 0.173. The van der Waals surface area contributed by atoms with Crippen LogP contribution < -0.4 is 0 Å². The molecule has 0 saturated carbocycles. The predicted octanol–water partition coefficient (Wildman–Crippen LogP) is 0.00240. The van der Waals surface area contributed by atoms with E-state index in [4.69, 9.17) is 9.84 Å². The van der Waals surface area contributed by atoms with Gasteiger partial charge in [-0.1, -0.05) is 0 Å². The Morgan fingerprint density at radius 2 is 1.93 bits per heavy atom. The smallest absolute Gasteiger partial charge is 0.396 e. The first kappa shape index (κ1) is 12.7. The predicted molar refractivity (Wildman–Crippen MR) is 41.3 cm³/mol. The second-order valence-corrected chi connectivity index (χ2v) is 4.52. The largest absolute Gasteiger partial charge is 0.523 e. The Morgan fingerprint density at radius 3 is 2.40 bits per heavy atom. The summed E-state index contributed by atoms with van der Waals surface area (Å²) in [5.41, 5.74) is -5.41. The summed E-state index contributed by atoms with van der Waals surface area (Å²) in [7, 11) is -5.53. The fourth-order valence-corrected chi connectivity index (χ4v) is 1.38. The van der Waals surface area contributed by atoms with Gasteiger partial charge in [-0.05, 0) is 6.42 Å². The van der Waals surface area contributed by atoms with E-state index in [1.165, 1.54) is 0 Å². The van der Waals surface area contributed by atoms with Crippen molar-refractivity contribution in [1.29, 1.82) is 0 Å². The van der Waals surface area contributed by atoms with Crippen LogP contribution in [0.2, 0.25) is 0 Å². The lowest BCUT2D eigenvalue weighted by Gasteiger charge is -2.06. The van der Waals surface area contributed by atoms with Crippen LogP contribution in [0.15, 0.2) is 0 Å². The van der Waals surface area contributed by atoms with Crippen molar-refractivity contribution in [2.75, 3.05) is 13.2 Å². The summed E-state index contributed by atoms with van der Waals surface area (Å²) in [5.74, 6) is 0. The molecule has 0 aromatic carbocycles. The zero-order chi connectivity index (χ0) is 11.7. The fraction of sp³-hybridized carbons (Fsp3) is 1.00. The van der Waals surface area contributed by atoms with E-state index in [0.717, 1.165) is 0 Å². The summed E-state index contributed by atoms with van der Waals surface area (Å²) < 4.78 is 64.5. The first-order chi connectivity index (χ1) is 6.78. The second-order valence-electron chi connectivity index (χ2n) is 2.91. The lowest BCUT2D eigenvalue weighted by Crippen LogP contribution is -2.27. The van der Waals surface area contributed by atoms with Gasteiger partial charge in [-0.2, -0.15) is 21.6 Å². The van der Waals surface area contributed by atoms with Crippen LogP contribution in [0.1, 0.15) is 6.42 Å². The molecule has 15 heavy (non-hydrogen) atoms. The number of hydrogen-bond acceptors (Lipinski definition) is 5. The van der Waals surface area contributed by atoms with Gasteiger partial charge in [0.2, 0.25) is 0 Å². The number of rotatable bonds is 5. The van der Waals surface area contributed by atoms with E-state index in [1.807, 2.05) is 0 Å². The summed E-state index contributed by atoms with van der Waals surface area (Å²) in [5, 5.41) is 8.43. The molecular formula is C6H9F3O5S. The minimum atomic E-state index is -5.53. The highest BCUT2D eigenvalue weighted by molar-refractivity contribution is 7.87. The van der Waals surface area contributed by atoms with Crippen molar-refractivity contribution in [3.05, 3.63) is 0 Å². The van der Waals surface area contributed by atoms with Crippen molar-refractivity contribution in [3.63, 3.8) is 0 Å². The maximum absolute atomic E-state index is 11.8. The van der Waals surface area contributed by atoms with Crippen LogP contribution in [0.4, 0.5) is 13.2 Å². The van der Waals surface area contributed by atoms with Gasteiger partial charge in [-0.25, -0.2) is 0 Å². The zero-order valence-electron chi connectivity index (χ0n) is 7.40. The summed E-state index contributed by atoms with van der Waals surface area (Å²) in [6.45, 7) is -0.848. The van der Waals surface area contributed by atoms with E-state index in [-0.39, 0.29) is 13.0 Å². The van der Waals surface area contributed by atoms with Crippen molar-refractivity contribution >= 4 is 10.1 Å². The van der Waals surface area contributed by atoms with Crippen LogP contribution >= 0.6 is 0 Å². The standard InChI is InChI=1S/C6H9F3O5S/c7-6(8,9)15(11,12)13-3-5-4(14-5)1-2-10/h4-5,10H,1-3H2/t4-,5+/m1/s1. The van der Waals surface area contributed by atoms with Crippen LogP contribution in [0.3, 0.4) is 0 Å². The second kappa shape index (κ2) is 4.24. The Morgan fingerprint density at radius 1 is 1.33 bits per heavy atom. The van der Waals surface area contributed by atoms with E-state index >= 15 is 0 Å². The van der Waals surface area contributed by atoms with Crippen molar-refractivity contribution in [2.24, 2.45) is 0 Å². The van der Waals surface area contributed by atoms with Crippen LogP contribution in [0.5, 0.6) is 0 Å². The third-order valence-corrected chi connectivity index (χ3v) is 2.79. The molecule has 0 aromatic rings. The fourth-order valence-electron chi connectivity index (χ4n) is 0.930. The summed E-state index contributed by atoms with van der Waals surface area (Å²) >= 11 is 0. The minimum Gasteiger partial charge on any atom is -0.396 e. The summed E-state index contributed by atoms with van der Waals surface area (Å²) in [4.78, 5) is 0. The molecule has 1 saturated heterocycles. The van der Waals surface area contributed by atoms with E-state index < -0.39 is 34.4 Å².